The normalized spacial score (nSPS) is 22.5. The van der Waals surface area contributed by atoms with Gasteiger partial charge < -0.3 is 15.8 Å². The number of benzene rings is 1. The number of hydrogen-bond acceptors (Lipinski definition) is 3. The fourth-order valence-electron chi connectivity index (χ4n) is 2.53. The van der Waals surface area contributed by atoms with Crippen molar-refractivity contribution in [2.24, 2.45) is 5.73 Å². The third kappa shape index (κ3) is 4.62. The summed E-state index contributed by atoms with van der Waals surface area (Å²) in [4.78, 5) is 11.9. The van der Waals surface area contributed by atoms with Crippen LogP contribution in [0.4, 0.5) is 0 Å². The summed E-state index contributed by atoms with van der Waals surface area (Å²) in [6, 6.07) is 7.93. The number of nitrogens with two attached hydrogens (primary N) is 1. The average Bonchev–Trinajstić information content (AvgIpc) is 2.45. The third-order valence-corrected chi connectivity index (χ3v) is 3.74. The van der Waals surface area contributed by atoms with Gasteiger partial charge >= 0.3 is 0 Å². The van der Waals surface area contributed by atoms with Crippen LogP contribution in [0.3, 0.4) is 0 Å². The summed E-state index contributed by atoms with van der Waals surface area (Å²) in [5.41, 5.74) is 7.65. The van der Waals surface area contributed by atoms with Crippen molar-refractivity contribution in [3.05, 3.63) is 35.4 Å². The first kappa shape index (κ1) is 15.0. The van der Waals surface area contributed by atoms with Gasteiger partial charge in [0.05, 0.1) is 12.7 Å². The molecule has 4 nitrogen and oxygen atoms in total. The highest BCUT2D eigenvalue weighted by Gasteiger charge is 2.18. The van der Waals surface area contributed by atoms with E-state index < -0.39 is 0 Å². The van der Waals surface area contributed by atoms with Gasteiger partial charge in [0, 0.05) is 18.2 Å². The molecule has 4 heteroatoms. The smallest absolute Gasteiger partial charge is 0.251 e. The Morgan fingerprint density at radius 1 is 1.35 bits per heavy atom. The lowest BCUT2D eigenvalue weighted by Gasteiger charge is -2.26. The second-order valence-electron chi connectivity index (χ2n) is 5.53. The summed E-state index contributed by atoms with van der Waals surface area (Å²) in [6.45, 7) is 3.10. The predicted molar refractivity (Wildman–Crippen MR) is 79.7 cm³/mol. The molecule has 1 fully saturated rings. The predicted octanol–water partition coefficient (Wildman–Crippen LogP) is 2.01. The summed E-state index contributed by atoms with van der Waals surface area (Å²) in [7, 11) is 0. The largest absolute Gasteiger partial charge is 0.376 e. The topological polar surface area (TPSA) is 64.3 Å². The molecule has 1 saturated carbocycles. The van der Waals surface area contributed by atoms with Gasteiger partial charge in [0.1, 0.15) is 0 Å². The molecule has 0 spiro atoms. The molecule has 1 aliphatic carbocycles. The Morgan fingerprint density at radius 3 is 2.80 bits per heavy atom. The third-order valence-electron chi connectivity index (χ3n) is 3.74. The molecule has 0 radical (unpaired) electrons. The van der Waals surface area contributed by atoms with E-state index in [0.29, 0.717) is 30.9 Å². The minimum absolute atomic E-state index is 0.0389. The van der Waals surface area contributed by atoms with E-state index in [1.807, 2.05) is 31.2 Å². The van der Waals surface area contributed by atoms with Gasteiger partial charge in [-0.05, 0) is 44.7 Å². The zero-order valence-corrected chi connectivity index (χ0v) is 12.1. The van der Waals surface area contributed by atoms with Gasteiger partial charge in [-0.2, -0.15) is 0 Å². The van der Waals surface area contributed by atoms with Crippen LogP contribution < -0.4 is 11.1 Å². The first-order valence-corrected chi connectivity index (χ1v) is 7.37. The van der Waals surface area contributed by atoms with Crippen molar-refractivity contribution in [3.8, 4) is 0 Å². The molecule has 1 aromatic carbocycles. The van der Waals surface area contributed by atoms with Crippen molar-refractivity contribution in [3.63, 3.8) is 0 Å². The van der Waals surface area contributed by atoms with E-state index in [1.54, 1.807) is 0 Å². The molecule has 1 aromatic rings. The summed E-state index contributed by atoms with van der Waals surface area (Å²) in [6.07, 6.45) is 4.46. The molecule has 1 amide bonds. The Labute approximate surface area is 120 Å². The van der Waals surface area contributed by atoms with Crippen LogP contribution in [0.25, 0.3) is 0 Å². The molecule has 1 aliphatic rings. The van der Waals surface area contributed by atoms with Crippen molar-refractivity contribution in [2.45, 2.75) is 44.8 Å². The standard InChI is InChI=1S/C16H24N2O2/c1-12-3-2-4-13(11-12)16(19)18-9-10-20-15-7-5-14(17)6-8-15/h2-4,11,14-15H,5-10,17H2,1H3,(H,18,19). The van der Waals surface area contributed by atoms with E-state index in [9.17, 15) is 4.79 Å². The van der Waals surface area contributed by atoms with Crippen LogP contribution in [-0.4, -0.2) is 31.2 Å². The minimum Gasteiger partial charge on any atom is -0.376 e. The lowest BCUT2D eigenvalue weighted by molar-refractivity contribution is 0.0267. The molecule has 0 heterocycles. The number of nitrogens with one attached hydrogen (secondary N) is 1. The Hall–Kier alpha value is -1.39. The van der Waals surface area contributed by atoms with Gasteiger partial charge in [0.25, 0.3) is 5.91 Å². The Morgan fingerprint density at radius 2 is 2.10 bits per heavy atom. The van der Waals surface area contributed by atoms with Gasteiger partial charge in [-0.3, -0.25) is 4.79 Å². The van der Waals surface area contributed by atoms with E-state index >= 15 is 0 Å². The molecular weight excluding hydrogens is 252 g/mol. The fraction of sp³-hybridized carbons (Fsp3) is 0.562. The quantitative estimate of drug-likeness (QED) is 0.809. The Balaban J connectivity index is 1.64. The molecule has 0 bridgehead atoms. The Kier molecular flexibility index (Phi) is 5.56. The molecule has 20 heavy (non-hydrogen) atoms. The molecule has 0 atom stereocenters. The molecule has 0 saturated heterocycles. The van der Waals surface area contributed by atoms with Crippen molar-refractivity contribution in [2.75, 3.05) is 13.2 Å². The summed E-state index contributed by atoms with van der Waals surface area (Å²) in [5, 5.41) is 2.89. The summed E-state index contributed by atoms with van der Waals surface area (Å²) >= 11 is 0. The van der Waals surface area contributed by atoms with Gasteiger partial charge in [-0.1, -0.05) is 17.7 Å². The highest BCUT2D eigenvalue weighted by molar-refractivity contribution is 5.94. The highest BCUT2D eigenvalue weighted by atomic mass is 16.5. The second-order valence-corrected chi connectivity index (χ2v) is 5.53. The number of aryl methyl sites for hydroxylation is 1. The maximum absolute atomic E-state index is 11.9. The second kappa shape index (κ2) is 7.41. The van der Waals surface area contributed by atoms with Gasteiger partial charge in [0.15, 0.2) is 0 Å². The van der Waals surface area contributed by atoms with Crippen LogP contribution in [-0.2, 0) is 4.74 Å². The van der Waals surface area contributed by atoms with Gasteiger partial charge in [-0.15, -0.1) is 0 Å². The number of rotatable bonds is 5. The number of carbonyl (C=O) groups is 1. The number of ether oxygens (including phenoxy) is 1. The van der Waals surface area contributed by atoms with E-state index in [0.717, 1.165) is 31.2 Å². The van der Waals surface area contributed by atoms with E-state index in [4.69, 9.17) is 10.5 Å². The van der Waals surface area contributed by atoms with Crippen LogP contribution >= 0.6 is 0 Å². The van der Waals surface area contributed by atoms with Gasteiger partial charge in [0.2, 0.25) is 0 Å². The zero-order valence-electron chi connectivity index (χ0n) is 12.1. The maximum Gasteiger partial charge on any atom is 0.251 e. The van der Waals surface area contributed by atoms with E-state index in [-0.39, 0.29) is 5.91 Å². The summed E-state index contributed by atoms with van der Waals surface area (Å²) < 4.78 is 5.77. The first-order valence-electron chi connectivity index (χ1n) is 7.37. The van der Waals surface area contributed by atoms with Crippen LogP contribution in [0.2, 0.25) is 0 Å². The van der Waals surface area contributed by atoms with Crippen LogP contribution in [0.15, 0.2) is 24.3 Å². The molecule has 0 aromatic heterocycles. The number of amides is 1. The van der Waals surface area contributed by atoms with Crippen LogP contribution in [0, 0.1) is 6.92 Å². The maximum atomic E-state index is 11.9. The lowest BCUT2D eigenvalue weighted by atomic mass is 9.94. The van der Waals surface area contributed by atoms with Crippen molar-refractivity contribution in [1.29, 1.82) is 0 Å². The van der Waals surface area contributed by atoms with Crippen LogP contribution in [0.5, 0.6) is 0 Å². The van der Waals surface area contributed by atoms with Crippen LogP contribution in [0.1, 0.15) is 41.6 Å². The minimum atomic E-state index is -0.0389. The molecule has 0 unspecified atom stereocenters. The number of carbonyl (C=O) groups excluding carboxylic acids is 1. The summed E-state index contributed by atoms with van der Waals surface area (Å²) in [5.74, 6) is -0.0389. The molecule has 110 valence electrons. The molecule has 2 rings (SSSR count). The first-order chi connectivity index (χ1) is 9.65. The molecular formula is C16H24N2O2. The Bertz CT molecular complexity index is 440. The van der Waals surface area contributed by atoms with Gasteiger partial charge in [-0.25, -0.2) is 0 Å². The molecule has 3 N–H and O–H groups in total. The lowest BCUT2D eigenvalue weighted by Crippen LogP contribution is -2.33. The highest BCUT2D eigenvalue weighted by Crippen LogP contribution is 2.19. The van der Waals surface area contributed by atoms with Crippen molar-refractivity contribution in [1.82, 2.24) is 5.32 Å². The number of hydrogen-bond donors (Lipinski definition) is 2. The van der Waals surface area contributed by atoms with E-state index in [2.05, 4.69) is 5.32 Å². The fourth-order valence-corrected chi connectivity index (χ4v) is 2.53. The van der Waals surface area contributed by atoms with Crippen molar-refractivity contribution >= 4 is 5.91 Å². The van der Waals surface area contributed by atoms with Crippen molar-refractivity contribution < 1.29 is 9.53 Å². The van der Waals surface area contributed by atoms with E-state index in [1.165, 1.54) is 0 Å². The SMILES string of the molecule is Cc1cccc(C(=O)NCCOC2CCC(N)CC2)c1. The average molecular weight is 276 g/mol. The monoisotopic (exact) mass is 276 g/mol. The molecule has 0 aliphatic heterocycles. The zero-order chi connectivity index (χ0) is 14.4.